The Balaban J connectivity index is 2.34. The molecule has 2 heterocycles. The molecule has 5 heteroatoms. The van der Waals surface area contributed by atoms with Crippen molar-refractivity contribution in [2.24, 2.45) is 0 Å². The van der Waals surface area contributed by atoms with E-state index in [1.807, 2.05) is 39.8 Å². The average molecular weight is 272 g/mol. The number of aryl methyl sites for hydroxylation is 2. The van der Waals surface area contributed by atoms with E-state index < -0.39 is 0 Å². The first kappa shape index (κ1) is 14.2. The Bertz CT molecular complexity index is 581. The molecular weight excluding hydrogens is 252 g/mol. The van der Waals surface area contributed by atoms with Crippen molar-refractivity contribution < 1.29 is 4.74 Å². The van der Waals surface area contributed by atoms with E-state index in [2.05, 4.69) is 20.3 Å². The molecule has 0 saturated heterocycles. The van der Waals surface area contributed by atoms with Crippen molar-refractivity contribution in [2.45, 2.75) is 34.1 Å². The van der Waals surface area contributed by atoms with Gasteiger partial charge in [-0.25, -0.2) is 4.98 Å². The normalized spacial score (nSPS) is 10.4. The topological polar surface area (TPSA) is 59.9 Å². The molecule has 2 aromatic rings. The summed E-state index contributed by atoms with van der Waals surface area (Å²) in [4.78, 5) is 13.2. The molecule has 2 rings (SSSR count). The van der Waals surface area contributed by atoms with Gasteiger partial charge in [-0.05, 0) is 32.9 Å². The van der Waals surface area contributed by atoms with E-state index in [1.54, 1.807) is 6.20 Å². The number of nitrogens with zero attached hydrogens (tertiary/aromatic N) is 3. The highest BCUT2D eigenvalue weighted by atomic mass is 16.5. The van der Waals surface area contributed by atoms with Crippen LogP contribution in [0.1, 0.15) is 30.9 Å². The third-order valence-electron chi connectivity index (χ3n) is 2.91. The first-order valence-corrected chi connectivity index (χ1v) is 6.86. The van der Waals surface area contributed by atoms with Gasteiger partial charge in [-0.1, -0.05) is 6.92 Å². The van der Waals surface area contributed by atoms with Crippen molar-refractivity contribution >= 4 is 5.82 Å². The maximum atomic E-state index is 5.84. The number of hydrogen-bond donors (Lipinski definition) is 1. The number of ether oxygens (including phenoxy) is 1. The number of pyridine rings is 1. The molecule has 0 aliphatic rings. The van der Waals surface area contributed by atoms with Gasteiger partial charge in [0.1, 0.15) is 17.4 Å². The second kappa shape index (κ2) is 6.32. The lowest BCUT2D eigenvalue weighted by Crippen LogP contribution is -2.07. The van der Waals surface area contributed by atoms with E-state index in [9.17, 15) is 0 Å². The van der Waals surface area contributed by atoms with Gasteiger partial charge in [0.15, 0.2) is 0 Å². The summed E-state index contributed by atoms with van der Waals surface area (Å²) >= 11 is 0. The number of aromatic nitrogens is 3. The van der Waals surface area contributed by atoms with Crippen LogP contribution in [0.3, 0.4) is 0 Å². The van der Waals surface area contributed by atoms with Crippen molar-refractivity contribution in [2.75, 3.05) is 11.9 Å². The maximum absolute atomic E-state index is 5.84. The van der Waals surface area contributed by atoms with Gasteiger partial charge in [0, 0.05) is 18.7 Å². The number of rotatable bonds is 5. The van der Waals surface area contributed by atoms with Crippen LogP contribution in [0.2, 0.25) is 0 Å². The smallest absolute Gasteiger partial charge is 0.227 e. The summed E-state index contributed by atoms with van der Waals surface area (Å²) in [5, 5.41) is 3.24. The fourth-order valence-electron chi connectivity index (χ4n) is 1.76. The molecular formula is C15H20N4O. The summed E-state index contributed by atoms with van der Waals surface area (Å²) in [5.41, 5.74) is 1.86. The van der Waals surface area contributed by atoms with Crippen molar-refractivity contribution in [1.29, 1.82) is 0 Å². The first-order valence-electron chi connectivity index (χ1n) is 6.86. The van der Waals surface area contributed by atoms with Gasteiger partial charge in [-0.15, -0.1) is 0 Å². The minimum atomic E-state index is 0.582. The van der Waals surface area contributed by atoms with Crippen LogP contribution in [-0.2, 0) is 6.42 Å². The molecule has 1 N–H and O–H groups in total. The molecule has 0 saturated carbocycles. The van der Waals surface area contributed by atoms with Crippen LogP contribution < -0.4 is 10.1 Å². The molecule has 0 fully saturated rings. The van der Waals surface area contributed by atoms with Gasteiger partial charge >= 0.3 is 0 Å². The van der Waals surface area contributed by atoms with Crippen molar-refractivity contribution in [3.8, 4) is 11.6 Å². The zero-order valence-corrected chi connectivity index (χ0v) is 12.4. The Morgan fingerprint density at radius 1 is 1.15 bits per heavy atom. The van der Waals surface area contributed by atoms with E-state index in [4.69, 9.17) is 4.74 Å². The van der Waals surface area contributed by atoms with Crippen LogP contribution in [0.25, 0.3) is 0 Å². The highest BCUT2D eigenvalue weighted by Crippen LogP contribution is 2.26. The van der Waals surface area contributed by atoms with E-state index in [1.165, 1.54) is 0 Å². The predicted octanol–water partition coefficient (Wildman–Crippen LogP) is 3.27. The van der Waals surface area contributed by atoms with Crippen molar-refractivity contribution in [3.63, 3.8) is 0 Å². The van der Waals surface area contributed by atoms with Gasteiger partial charge in [-0.2, -0.15) is 4.98 Å². The molecule has 0 amide bonds. The van der Waals surface area contributed by atoms with Gasteiger partial charge in [-0.3, -0.25) is 4.98 Å². The minimum absolute atomic E-state index is 0.582. The Hall–Kier alpha value is -2.17. The van der Waals surface area contributed by atoms with E-state index in [0.717, 1.165) is 35.9 Å². The maximum Gasteiger partial charge on any atom is 0.227 e. The molecule has 0 bridgehead atoms. The first-order chi connectivity index (χ1) is 9.63. The van der Waals surface area contributed by atoms with Crippen LogP contribution in [0, 0.1) is 13.8 Å². The molecule has 20 heavy (non-hydrogen) atoms. The van der Waals surface area contributed by atoms with Gasteiger partial charge < -0.3 is 10.1 Å². The summed E-state index contributed by atoms with van der Waals surface area (Å²) in [5.74, 6) is 2.86. The standard InChI is InChI=1S/C15H20N4O/c1-5-13-18-14(16-6-2)11(4)15(19-13)20-12-8-7-10(3)17-9-12/h7-9H,5-6H2,1-4H3,(H,16,18,19). The Morgan fingerprint density at radius 3 is 2.55 bits per heavy atom. The van der Waals surface area contributed by atoms with Gasteiger partial charge in [0.25, 0.3) is 0 Å². The fraction of sp³-hybridized carbons (Fsp3) is 0.400. The van der Waals surface area contributed by atoms with Gasteiger partial charge in [0.05, 0.1) is 11.8 Å². The fourth-order valence-corrected chi connectivity index (χ4v) is 1.76. The second-order valence-electron chi connectivity index (χ2n) is 4.54. The molecule has 0 atom stereocenters. The summed E-state index contributed by atoms with van der Waals surface area (Å²) in [6.45, 7) is 8.77. The lowest BCUT2D eigenvalue weighted by atomic mass is 10.3. The number of nitrogens with one attached hydrogen (secondary N) is 1. The Kier molecular flexibility index (Phi) is 4.50. The third kappa shape index (κ3) is 3.23. The molecule has 0 spiro atoms. The molecule has 0 aliphatic carbocycles. The molecule has 0 unspecified atom stereocenters. The molecule has 2 aromatic heterocycles. The summed E-state index contributed by atoms with van der Waals surface area (Å²) in [6.07, 6.45) is 2.47. The molecule has 106 valence electrons. The second-order valence-corrected chi connectivity index (χ2v) is 4.54. The Morgan fingerprint density at radius 2 is 1.95 bits per heavy atom. The number of hydrogen-bond acceptors (Lipinski definition) is 5. The van der Waals surface area contributed by atoms with Crippen LogP contribution >= 0.6 is 0 Å². The molecule has 0 aliphatic heterocycles. The van der Waals surface area contributed by atoms with Gasteiger partial charge in [0.2, 0.25) is 5.88 Å². The zero-order chi connectivity index (χ0) is 14.5. The summed E-state index contributed by atoms with van der Waals surface area (Å²) in [7, 11) is 0. The van der Waals surface area contributed by atoms with Crippen molar-refractivity contribution in [1.82, 2.24) is 15.0 Å². The van der Waals surface area contributed by atoms with E-state index in [-0.39, 0.29) is 0 Å². The zero-order valence-electron chi connectivity index (χ0n) is 12.4. The molecule has 0 radical (unpaired) electrons. The summed E-state index contributed by atoms with van der Waals surface area (Å²) in [6, 6.07) is 3.81. The van der Waals surface area contributed by atoms with E-state index >= 15 is 0 Å². The van der Waals surface area contributed by atoms with Crippen LogP contribution in [0.5, 0.6) is 11.6 Å². The minimum Gasteiger partial charge on any atom is -0.437 e. The third-order valence-corrected chi connectivity index (χ3v) is 2.91. The highest BCUT2D eigenvalue weighted by molar-refractivity contribution is 5.49. The lowest BCUT2D eigenvalue weighted by molar-refractivity contribution is 0.452. The lowest BCUT2D eigenvalue weighted by Gasteiger charge is -2.13. The molecule has 0 aromatic carbocycles. The van der Waals surface area contributed by atoms with Crippen LogP contribution in [0.4, 0.5) is 5.82 Å². The SMILES string of the molecule is CCNc1nc(CC)nc(Oc2ccc(C)nc2)c1C. The van der Waals surface area contributed by atoms with Crippen LogP contribution in [-0.4, -0.2) is 21.5 Å². The van der Waals surface area contributed by atoms with Crippen LogP contribution in [0.15, 0.2) is 18.3 Å². The molecule has 5 nitrogen and oxygen atoms in total. The quantitative estimate of drug-likeness (QED) is 0.905. The number of anilines is 1. The average Bonchev–Trinajstić information content (AvgIpc) is 2.45. The van der Waals surface area contributed by atoms with Crippen molar-refractivity contribution in [3.05, 3.63) is 35.4 Å². The Labute approximate surface area is 119 Å². The largest absolute Gasteiger partial charge is 0.437 e. The monoisotopic (exact) mass is 272 g/mol. The van der Waals surface area contributed by atoms with E-state index in [0.29, 0.717) is 11.6 Å². The summed E-state index contributed by atoms with van der Waals surface area (Å²) < 4.78 is 5.84. The highest BCUT2D eigenvalue weighted by Gasteiger charge is 2.12. The predicted molar refractivity (Wildman–Crippen MR) is 79.4 cm³/mol.